The van der Waals surface area contributed by atoms with Crippen molar-refractivity contribution >= 4 is 17.9 Å². The second-order valence-corrected chi connectivity index (χ2v) is 17.1. The Morgan fingerprint density at radius 1 is 0.286 bits per heavy atom. The Morgan fingerprint density at radius 2 is 0.482 bits per heavy atom. The summed E-state index contributed by atoms with van der Waals surface area (Å²) in [4.78, 5) is 37.8. The van der Waals surface area contributed by atoms with Crippen molar-refractivity contribution in [2.75, 3.05) is 13.2 Å². The van der Waals surface area contributed by atoms with Crippen molar-refractivity contribution in [1.29, 1.82) is 0 Å². The molecule has 0 radical (unpaired) electrons. The number of esters is 3. The Hall–Kier alpha value is -1.59. The summed E-state index contributed by atoms with van der Waals surface area (Å²) >= 11 is 0. The van der Waals surface area contributed by atoms with Gasteiger partial charge in [-0.15, -0.1) is 0 Å². The van der Waals surface area contributed by atoms with E-state index in [4.69, 9.17) is 14.2 Å². The third-order valence-electron chi connectivity index (χ3n) is 11.4. The average molecular weight is 793 g/mol. The quantitative estimate of drug-likeness (QED) is 0.0347. The maximum atomic E-state index is 12.7. The molecule has 0 aliphatic carbocycles. The standard InChI is InChI=1S/C50H96O6/c1-4-7-10-13-16-19-21-23-24-25-26-27-29-31-34-37-40-43-49(52)55-46-47(45-54-48(51)42-39-36-33-30-18-15-12-9-6-3)56-50(53)44-41-38-35-32-28-22-20-17-14-11-8-5-2/h47H,4-46H2,1-3H3/t47-/m0/s1. The number of carbonyl (C=O) groups excluding carboxylic acids is 3. The molecule has 332 valence electrons. The van der Waals surface area contributed by atoms with Crippen LogP contribution in [-0.2, 0) is 28.6 Å². The molecule has 0 rings (SSSR count). The van der Waals surface area contributed by atoms with Crippen molar-refractivity contribution in [3.05, 3.63) is 0 Å². The van der Waals surface area contributed by atoms with E-state index in [0.29, 0.717) is 19.3 Å². The topological polar surface area (TPSA) is 78.9 Å². The van der Waals surface area contributed by atoms with Gasteiger partial charge in [-0.2, -0.15) is 0 Å². The minimum absolute atomic E-state index is 0.0622. The summed E-state index contributed by atoms with van der Waals surface area (Å²) in [5.74, 6) is -0.847. The molecule has 0 aromatic carbocycles. The lowest BCUT2D eigenvalue weighted by Crippen LogP contribution is -2.30. The molecule has 1 atom stereocenters. The van der Waals surface area contributed by atoms with Crippen molar-refractivity contribution in [2.45, 2.75) is 290 Å². The van der Waals surface area contributed by atoms with Crippen LogP contribution in [0.4, 0.5) is 0 Å². The zero-order valence-corrected chi connectivity index (χ0v) is 37.9. The molecule has 0 spiro atoms. The normalized spacial score (nSPS) is 11.8. The Balaban J connectivity index is 4.24. The first kappa shape index (κ1) is 54.4. The van der Waals surface area contributed by atoms with Gasteiger partial charge in [0.15, 0.2) is 6.10 Å². The molecule has 0 N–H and O–H groups in total. The van der Waals surface area contributed by atoms with Crippen LogP contribution in [0, 0.1) is 0 Å². The van der Waals surface area contributed by atoms with Gasteiger partial charge in [-0.3, -0.25) is 14.4 Å². The molecule has 56 heavy (non-hydrogen) atoms. The van der Waals surface area contributed by atoms with Crippen LogP contribution in [0.1, 0.15) is 284 Å². The van der Waals surface area contributed by atoms with E-state index in [0.717, 1.165) is 57.8 Å². The highest BCUT2D eigenvalue weighted by atomic mass is 16.6. The molecule has 6 nitrogen and oxygen atoms in total. The molecule has 0 aliphatic heterocycles. The number of ether oxygens (including phenoxy) is 3. The minimum atomic E-state index is -0.758. The Kier molecular flexibility index (Phi) is 44.8. The smallest absolute Gasteiger partial charge is 0.306 e. The predicted molar refractivity (Wildman–Crippen MR) is 238 cm³/mol. The lowest BCUT2D eigenvalue weighted by atomic mass is 10.0. The monoisotopic (exact) mass is 793 g/mol. The van der Waals surface area contributed by atoms with Crippen LogP contribution in [0.5, 0.6) is 0 Å². The number of hydrogen-bond acceptors (Lipinski definition) is 6. The van der Waals surface area contributed by atoms with Gasteiger partial charge in [0.1, 0.15) is 13.2 Å². The Bertz CT molecular complexity index is 828. The molecule has 0 fully saturated rings. The van der Waals surface area contributed by atoms with Crippen molar-refractivity contribution in [2.24, 2.45) is 0 Å². The molecule has 0 heterocycles. The van der Waals surface area contributed by atoms with Gasteiger partial charge in [-0.1, -0.05) is 245 Å². The van der Waals surface area contributed by atoms with Gasteiger partial charge in [0, 0.05) is 19.3 Å². The van der Waals surface area contributed by atoms with E-state index < -0.39 is 6.10 Å². The van der Waals surface area contributed by atoms with E-state index in [1.165, 1.54) is 186 Å². The van der Waals surface area contributed by atoms with Crippen molar-refractivity contribution in [3.8, 4) is 0 Å². The van der Waals surface area contributed by atoms with E-state index in [1.54, 1.807) is 0 Å². The Morgan fingerprint density at radius 3 is 0.714 bits per heavy atom. The largest absolute Gasteiger partial charge is 0.462 e. The van der Waals surface area contributed by atoms with Gasteiger partial charge >= 0.3 is 17.9 Å². The molecule has 0 unspecified atom stereocenters. The number of carbonyl (C=O) groups is 3. The second-order valence-electron chi connectivity index (χ2n) is 17.1. The minimum Gasteiger partial charge on any atom is -0.462 e. The fourth-order valence-electron chi connectivity index (χ4n) is 7.56. The maximum Gasteiger partial charge on any atom is 0.306 e. The molecule has 0 amide bonds. The van der Waals surface area contributed by atoms with Crippen LogP contribution >= 0.6 is 0 Å². The molecule has 0 saturated heterocycles. The van der Waals surface area contributed by atoms with Crippen LogP contribution in [0.2, 0.25) is 0 Å². The molecular weight excluding hydrogens is 697 g/mol. The van der Waals surface area contributed by atoms with Crippen LogP contribution in [0.15, 0.2) is 0 Å². The zero-order chi connectivity index (χ0) is 40.8. The van der Waals surface area contributed by atoms with E-state index in [9.17, 15) is 14.4 Å². The number of hydrogen-bond donors (Lipinski definition) is 0. The highest BCUT2D eigenvalue weighted by Crippen LogP contribution is 2.16. The van der Waals surface area contributed by atoms with Gasteiger partial charge in [-0.05, 0) is 19.3 Å². The number of rotatable bonds is 46. The van der Waals surface area contributed by atoms with Crippen LogP contribution < -0.4 is 0 Å². The Labute approximate surface area is 348 Å². The highest BCUT2D eigenvalue weighted by Gasteiger charge is 2.19. The van der Waals surface area contributed by atoms with E-state index in [1.807, 2.05) is 0 Å². The van der Waals surface area contributed by atoms with Gasteiger partial charge < -0.3 is 14.2 Å². The first-order valence-electron chi connectivity index (χ1n) is 25.0. The zero-order valence-electron chi connectivity index (χ0n) is 37.9. The fraction of sp³-hybridized carbons (Fsp3) is 0.940. The first-order chi connectivity index (χ1) is 27.5. The average Bonchev–Trinajstić information content (AvgIpc) is 3.19. The molecule has 0 aromatic heterocycles. The van der Waals surface area contributed by atoms with E-state index in [-0.39, 0.29) is 31.1 Å². The van der Waals surface area contributed by atoms with Crippen LogP contribution in [0.3, 0.4) is 0 Å². The summed E-state index contributed by atoms with van der Waals surface area (Å²) in [5.41, 5.74) is 0. The first-order valence-corrected chi connectivity index (χ1v) is 25.0. The van der Waals surface area contributed by atoms with Gasteiger partial charge in [-0.25, -0.2) is 0 Å². The lowest BCUT2D eigenvalue weighted by molar-refractivity contribution is -0.167. The van der Waals surface area contributed by atoms with Gasteiger partial charge in [0.2, 0.25) is 0 Å². The summed E-state index contributed by atoms with van der Waals surface area (Å²) in [6.07, 6.45) is 48.0. The van der Waals surface area contributed by atoms with Crippen LogP contribution in [-0.4, -0.2) is 37.2 Å². The van der Waals surface area contributed by atoms with Crippen molar-refractivity contribution in [3.63, 3.8) is 0 Å². The summed E-state index contributed by atoms with van der Waals surface area (Å²) in [7, 11) is 0. The molecule has 0 saturated carbocycles. The third-order valence-corrected chi connectivity index (χ3v) is 11.4. The molecule has 0 aromatic rings. The summed E-state index contributed by atoms with van der Waals surface area (Å²) < 4.78 is 16.7. The number of unbranched alkanes of at least 4 members (excludes halogenated alkanes) is 35. The fourth-order valence-corrected chi connectivity index (χ4v) is 7.56. The SMILES string of the molecule is CCCCCCCCCCCCCCCCCCCC(=O)OC[C@H](COC(=O)CCCCCCCCCCC)OC(=O)CCCCCCCCCCCCCC. The summed E-state index contributed by atoms with van der Waals surface area (Å²) in [5, 5.41) is 0. The molecular formula is C50H96O6. The predicted octanol–water partition coefficient (Wildman–Crippen LogP) is 16.0. The van der Waals surface area contributed by atoms with Crippen LogP contribution in [0.25, 0.3) is 0 Å². The third kappa shape index (κ3) is 43.5. The van der Waals surface area contributed by atoms with E-state index >= 15 is 0 Å². The second kappa shape index (κ2) is 46.1. The molecule has 0 aliphatic rings. The van der Waals surface area contributed by atoms with Crippen molar-refractivity contribution in [1.82, 2.24) is 0 Å². The summed E-state index contributed by atoms with van der Waals surface area (Å²) in [6, 6.07) is 0. The van der Waals surface area contributed by atoms with E-state index in [2.05, 4.69) is 20.8 Å². The van der Waals surface area contributed by atoms with Crippen molar-refractivity contribution < 1.29 is 28.6 Å². The van der Waals surface area contributed by atoms with Gasteiger partial charge in [0.05, 0.1) is 0 Å². The highest BCUT2D eigenvalue weighted by molar-refractivity contribution is 5.71. The summed E-state index contributed by atoms with van der Waals surface area (Å²) in [6.45, 7) is 6.65. The molecule has 0 bridgehead atoms. The van der Waals surface area contributed by atoms with Gasteiger partial charge in [0.25, 0.3) is 0 Å². The maximum absolute atomic E-state index is 12.7. The molecule has 6 heteroatoms. The lowest BCUT2D eigenvalue weighted by Gasteiger charge is -2.18.